The molecule has 0 unspecified atom stereocenters. The molecule has 0 saturated carbocycles. The third kappa shape index (κ3) is 7.25. The molecule has 1 aliphatic heterocycles. The van der Waals surface area contributed by atoms with Gasteiger partial charge in [0.1, 0.15) is 11.6 Å². The summed E-state index contributed by atoms with van der Waals surface area (Å²) in [6.45, 7) is 1.12. The highest BCUT2D eigenvalue weighted by Gasteiger charge is 2.31. The van der Waals surface area contributed by atoms with Crippen LogP contribution in [0.25, 0.3) is 10.8 Å². The van der Waals surface area contributed by atoms with Crippen molar-refractivity contribution in [3.05, 3.63) is 83.4 Å². The van der Waals surface area contributed by atoms with E-state index in [4.69, 9.17) is 11.5 Å². The number of carbonyl (C=O) groups excluding carboxylic acids is 2. The zero-order valence-electron chi connectivity index (χ0n) is 21.0. The Bertz CT molecular complexity index is 1310. The van der Waals surface area contributed by atoms with E-state index in [1.165, 1.54) is 12.1 Å². The molecule has 200 valence electrons. The van der Waals surface area contributed by atoms with Gasteiger partial charge in [-0.1, -0.05) is 30.3 Å². The smallest absolute Gasteiger partial charge is 0.251 e. The number of rotatable bonds is 9. The van der Waals surface area contributed by atoms with Gasteiger partial charge in [0, 0.05) is 43.9 Å². The molecule has 0 radical (unpaired) electrons. The summed E-state index contributed by atoms with van der Waals surface area (Å²) in [4.78, 5) is 31.8. The molecule has 2 amide bonds. The van der Waals surface area contributed by atoms with Crippen molar-refractivity contribution in [1.82, 2.24) is 15.5 Å². The highest BCUT2D eigenvalue weighted by molar-refractivity contribution is 5.98. The van der Waals surface area contributed by atoms with Crippen LogP contribution in [0.5, 0.6) is 0 Å². The highest BCUT2D eigenvalue weighted by Crippen LogP contribution is 2.18. The Morgan fingerprint density at radius 1 is 1.05 bits per heavy atom. The molecule has 2 atom stereocenters. The Hall–Kier alpha value is -4.05. The maximum atomic E-state index is 13.7. The quantitative estimate of drug-likeness (QED) is 0.195. The van der Waals surface area contributed by atoms with Crippen LogP contribution in [0.3, 0.4) is 0 Å². The van der Waals surface area contributed by atoms with Crippen molar-refractivity contribution in [2.45, 2.75) is 37.9 Å². The molecule has 6 N–H and O–H groups in total. The molecule has 1 heterocycles. The molecule has 8 nitrogen and oxygen atoms in total. The predicted molar refractivity (Wildman–Crippen MR) is 143 cm³/mol. The van der Waals surface area contributed by atoms with Crippen LogP contribution in [0, 0.1) is 11.6 Å². The normalized spacial score (nSPS) is 17.7. The van der Waals surface area contributed by atoms with Crippen molar-refractivity contribution in [1.29, 1.82) is 0 Å². The summed E-state index contributed by atoms with van der Waals surface area (Å²) in [5.74, 6) is -1.78. The SMILES string of the molecule is NC(N)=NCCC[C@H]1N[C@@H](CNC(=O)c2ccc3ccccc3c2)CCN(Cc2cc(F)cc(F)c2)C1=O. The number of guanidine groups is 1. The molecule has 0 aromatic heterocycles. The molecule has 0 bridgehead atoms. The summed E-state index contributed by atoms with van der Waals surface area (Å²) in [7, 11) is 0. The molecule has 1 aliphatic rings. The van der Waals surface area contributed by atoms with Crippen molar-refractivity contribution in [3.63, 3.8) is 0 Å². The molecule has 4 rings (SSSR count). The van der Waals surface area contributed by atoms with E-state index in [2.05, 4.69) is 15.6 Å². The number of amides is 2. The van der Waals surface area contributed by atoms with Gasteiger partial charge in [0.25, 0.3) is 5.91 Å². The van der Waals surface area contributed by atoms with Crippen LogP contribution in [0.4, 0.5) is 8.78 Å². The number of nitrogens with zero attached hydrogens (tertiary/aromatic N) is 2. The minimum absolute atomic E-state index is 0.0193. The van der Waals surface area contributed by atoms with E-state index in [-0.39, 0.29) is 30.4 Å². The average molecular weight is 523 g/mol. The Labute approximate surface area is 220 Å². The topological polar surface area (TPSA) is 126 Å². The summed E-state index contributed by atoms with van der Waals surface area (Å²) in [6.07, 6.45) is 1.56. The number of hydrogen-bond donors (Lipinski definition) is 4. The number of carbonyl (C=O) groups is 2. The van der Waals surface area contributed by atoms with Gasteiger partial charge in [-0.3, -0.25) is 14.6 Å². The second-order valence-electron chi connectivity index (χ2n) is 9.46. The van der Waals surface area contributed by atoms with E-state index >= 15 is 0 Å². The summed E-state index contributed by atoms with van der Waals surface area (Å²) >= 11 is 0. The molecule has 38 heavy (non-hydrogen) atoms. The first-order chi connectivity index (χ1) is 18.3. The molecule has 3 aromatic carbocycles. The van der Waals surface area contributed by atoms with Gasteiger partial charge >= 0.3 is 0 Å². The Balaban J connectivity index is 1.44. The lowest BCUT2D eigenvalue weighted by atomic mass is 10.1. The largest absolute Gasteiger partial charge is 0.370 e. The standard InChI is InChI=1S/C28H32F2N6O2/c29-22-12-18(13-23(30)15-22)17-36-11-9-24(35-25(27(36)38)6-3-10-33-28(31)32)16-34-26(37)21-8-7-19-4-1-2-5-20(19)14-21/h1-2,4-5,7-8,12-15,24-25,35H,3,6,9-11,16-17H2,(H,34,37)(H4,31,32,33)/t24-,25-/m1/s1. The summed E-state index contributed by atoms with van der Waals surface area (Å²) in [5, 5.41) is 8.36. The zero-order valence-corrected chi connectivity index (χ0v) is 21.0. The fraction of sp³-hybridized carbons (Fsp3) is 0.321. The number of aliphatic imine (C=N–C) groups is 1. The summed E-state index contributed by atoms with van der Waals surface area (Å²) in [5.41, 5.74) is 11.7. The molecule has 3 aromatic rings. The first-order valence-electron chi connectivity index (χ1n) is 12.6. The van der Waals surface area contributed by atoms with Crippen LogP contribution in [0.2, 0.25) is 0 Å². The average Bonchev–Trinajstić information content (AvgIpc) is 3.03. The third-order valence-electron chi connectivity index (χ3n) is 6.56. The van der Waals surface area contributed by atoms with Crippen LogP contribution in [-0.2, 0) is 11.3 Å². The van der Waals surface area contributed by atoms with Crippen LogP contribution in [-0.4, -0.2) is 54.4 Å². The number of halogens is 2. The van der Waals surface area contributed by atoms with Gasteiger partial charge in [0.05, 0.1) is 6.04 Å². The number of hydrogen-bond acceptors (Lipinski definition) is 4. The van der Waals surface area contributed by atoms with E-state index in [0.29, 0.717) is 50.0 Å². The van der Waals surface area contributed by atoms with Gasteiger partial charge in [-0.2, -0.15) is 0 Å². The van der Waals surface area contributed by atoms with E-state index < -0.39 is 17.7 Å². The van der Waals surface area contributed by atoms with E-state index in [9.17, 15) is 18.4 Å². The second kappa shape index (κ2) is 12.5. The van der Waals surface area contributed by atoms with E-state index in [1.54, 1.807) is 11.0 Å². The molecular weight excluding hydrogens is 490 g/mol. The molecule has 1 fully saturated rings. The second-order valence-corrected chi connectivity index (χ2v) is 9.46. The van der Waals surface area contributed by atoms with Gasteiger partial charge in [-0.25, -0.2) is 8.78 Å². The van der Waals surface area contributed by atoms with Gasteiger partial charge in [0.2, 0.25) is 5.91 Å². The molecule has 0 spiro atoms. The summed E-state index contributed by atoms with van der Waals surface area (Å²) < 4.78 is 27.5. The van der Waals surface area contributed by atoms with Crippen molar-refractivity contribution >= 4 is 28.5 Å². The molecular formula is C28H32F2N6O2. The highest BCUT2D eigenvalue weighted by atomic mass is 19.1. The lowest BCUT2D eigenvalue weighted by molar-refractivity contribution is -0.133. The number of fused-ring (bicyclic) bond motifs is 1. The van der Waals surface area contributed by atoms with Gasteiger partial charge in [-0.15, -0.1) is 0 Å². The van der Waals surface area contributed by atoms with Crippen LogP contribution < -0.4 is 22.1 Å². The Kier molecular flexibility index (Phi) is 8.85. The van der Waals surface area contributed by atoms with E-state index in [0.717, 1.165) is 16.8 Å². The lowest BCUT2D eigenvalue weighted by Crippen LogP contribution is -2.48. The van der Waals surface area contributed by atoms with Crippen molar-refractivity contribution in [3.8, 4) is 0 Å². The maximum Gasteiger partial charge on any atom is 0.251 e. The third-order valence-corrected chi connectivity index (χ3v) is 6.56. The summed E-state index contributed by atoms with van der Waals surface area (Å²) in [6, 6.07) is 15.9. The predicted octanol–water partition coefficient (Wildman–Crippen LogP) is 2.66. The fourth-order valence-corrected chi connectivity index (χ4v) is 4.68. The first-order valence-corrected chi connectivity index (χ1v) is 12.6. The van der Waals surface area contributed by atoms with Crippen molar-refractivity contribution < 1.29 is 18.4 Å². The number of nitrogens with one attached hydrogen (secondary N) is 2. The Morgan fingerprint density at radius 2 is 1.79 bits per heavy atom. The number of benzene rings is 3. The lowest BCUT2D eigenvalue weighted by Gasteiger charge is -2.25. The first kappa shape index (κ1) is 27.0. The van der Waals surface area contributed by atoms with E-state index in [1.807, 2.05) is 36.4 Å². The zero-order chi connectivity index (χ0) is 27.1. The molecule has 10 heteroatoms. The number of nitrogens with two attached hydrogens (primary N) is 2. The van der Waals surface area contributed by atoms with Crippen molar-refractivity contribution in [2.75, 3.05) is 19.6 Å². The molecule has 0 aliphatic carbocycles. The maximum absolute atomic E-state index is 13.7. The van der Waals surface area contributed by atoms with Crippen molar-refractivity contribution in [2.24, 2.45) is 16.5 Å². The monoisotopic (exact) mass is 522 g/mol. The molecule has 1 saturated heterocycles. The van der Waals surface area contributed by atoms with Crippen LogP contribution in [0.15, 0.2) is 65.7 Å². The fourth-order valence-electron chi connectivity index (χ4n) is 4.68. The van der Waals surface area contributed by atoms with Crippen LogP contribution >= 0.6 is 0 Å². The minimum Gasteiger partial charge on any atom is -0.370 e. The van der Waals surface area contributed by atoms with Gasteiger partial charge < -0.3 is 27.0 Å². The van der Waals surface area contributed by atoms with Gasteiger partial charge in [-0.05, 0) is 59.9 Å². The minimum atomic E-state index is -0.691. The Morgan fingerprint density at radius 3 is 2.53 bits per heavy atom. The van der Waals surface area contributed by atoms with Gasteiger partial charge in [0.15, 0.2) is 5.96 Å². The van der Waals surface area contributed by atoms with Crippen LogP contribution in [0.1, 0.15) is 35.2 Å².